The zero-order valence-corrected chi connectivity index (χ0v) is 67.1. The summed E-state index contributed by atoms with van der Waals surface area (Å²) in [5, 5.41) is 102. The third-order valence-electron chi connectivity index (χ3n) is 25.9. The normalized spacial score (nSPS) is 29.1. The smallest absolute Gasteiger partial charge is 0.322 e. The molecule has 34 heteroatoms. The highest BCUT2D eigenvalue weighted by Gasteiger charge is 2.79. The van der Waals surface area contributed by atoms with Crippen molar-refractivity contribution in [1.29, 1.82) is 0 Å². The molecule has 10 amide bonds. The van der Waals surface area contributed by atoms with Gasteiger partial charge in [0, 0.05) is 116 Å². The summed E-state index contributed by atoms with van der Waals surface area (Å²) in [6, 6.07) is -0.0406. The number of amides is 10. The number of esters is 1. The first-order valence-corrected chi connectivity index (χ1v) is 40.7. The van der Waals surface area contributed by atoms with E-state index in [1.165, 1.54) is 14.0 Å². The first-order valence-electron chi connectivity index (χ1n) is 40.7. The lowest BCUT2D eigenvalue weighted by Gasteiger charge is -2.63. The highest BCUT2D eigenvalue weighted by molar-refractivity contribution is 5.99. The van der Waals surface area contributed by atoms with Crippen LogP contribution in [0.5, 0.6) is 5.75 Å². The van der Waals surface area contributed by atoms with Crippen molar-refractivity contribution in [2.45, 2.75) is 226 Å². The second-order valence-corrected chi connectivity index (χ2v) is 33.5. The van der Waals surface area contributed by atoms with Gasteiger partial charge in [-0.15, -0.1) is 0 Å². The van der Waals surface area contributed by atoms with E-state index in [-0.39, 0.29) is 57.2 Å². The summed E-state index contributed by atoms with van der Waals surface area (Å²) in [6.45, 7) is 8.22. The number of β-amino-alcohol motifs (C(OH)–C–C–N with tert-alkyl or cyclic N) is 1. The molecule has 5 fully saturated rings. The summed E-state index contributed by atoms with van der Waals surface area (Å²) in [6.07, 6.45) is 5.65. The predicted octanol–water partition coefficient (Wildman–Crippen LogP) is -2.37. The molecule has 0 radical (unpaired) electrons. The van der Waals surface area contributed by atoms with Crippen LogP contribution in [0.15, 0.2) is 48.6 Å². The van der Waals surface area contributed by atoms with E-state index in [1.807, 2.05) is 67.3 Å². The van der Waals surface area contributed by atoms with E-state index in [0.717, 1.165) is 33.4 Å². The number of nitrogens with zero attached hydrogens (tertiary/aromatic N) is 4. The Bertz CT molecular complexity index is 4170. The maximum absolute atomic E-state index is 15.7. The number of likely N-dealkylation sites (tertiary alicyclic amines) is 1. The lowest BCUT2D eigenvalue weighted by molar-refractivity contribution is -0.203. The lowest BCUT2D eigenvalue weighted by Crippen LogP contribution is -2.81. The quantitative estimate of drug-likeness (QED) is 0.0176. The standard InChI is InChI=1S/C81H118N14O20/c1-9-77(112)36-46-37-80(76(111)115-8,64-50(24-30-93(38-46)43-77)49-20-14-15-21-53(49)86-64)52-34-51-58(35-60(52)114-7)92(6)73-79(51)26-31-94-29-16-25-78(10-2,72(79)94)74(109)81(73,113)75(110)84-28-17-27-83-66(103)55(32-44(3)4)88-68(105)56(40-96)90-67(104)54(22-23-61(82)100)87-71(108)63(47-18-12-11-13-19-47)91-69(106)57(41-97)89-65(102)45(5)85-70(107)59-33-48(99)39-95(59)62(101)42-98/h14-16,20-21,25,34-35,44-48,54-57,59,63,72-74,86,96-99,109,112-113H,9-13,17-19,22-24,26-33,36-43H2,1-8H3,(H2,82,100)(H,83,103)(H,84,110)(H,85,107)(H,87,108)(H,88,105)(H,89,102)(H,90,104)(H,91,106)/t45-,46+,48+,54-,55-,56-,57-,59-,63-,72-,73+,74+,77-,78+,79?,80-,81-/m0/s1. The van der Waals surface area contributed by atoms with Crippen molar-refractivity contribution in [2.24, 2.45) is 28.9 Å². The Balaban J connectivity index is 0.773. The highest BCUT2D eigenvalue weighted by Crippen LogP contribution is 2.68. The summed E-state index contributed by atoms with van der Waals surface area (Å²) < 4.78 is 12.5. The number of likely N-dealkylation sites (N-methyl/N-ethyl adjacent to an activating group) is 1. The third-order valence-corrected chi connectivity index (χ3v) is 25.9. The van der Waals surface area contributed by atoms with Gasteiger partial charge in [-0.2, -0.15) is 0 Å². The van der Waals surface area contributed by atoms with Crippen LogP contribution in [0, 0.1) is 23.2 Å². The van der Waals surface area contributed by atoms with Crippen molar-refractivity contribution in [3.05, 3.63) is 70.9 Å². The molecule has 18 atom stereocenters. The fourth-order valence-corrected chi connectivity index (χ4v) is 20.5. The Labute approximate surface area is 668 Å². The number of rotatable bonds is 32. The Kier molecular flexibility index (Phi) is 27.2. The number of H-pyrrole nitrogens is 1. The minimum Gasteiger partial charge on any atom is -0.496 e. The van der Waals surface area contributed by atoms with E-state index in [4.69, 9.17) is 15.2 Å². The van der Waals surface area contributed by atoms with Crippen molar-refractivity contribution in [1.82, 2.24) is 62.2 Å². The molecular formula is C81H118N14O20. The van der Waals surface area contributed by atoms with Crippen molar-refractivity contribution in [2.75, 3.05) is 98.3 Å². The van der Waals surface area contributed by atoms with Gasteiger partial charge in [0.25, 0.3) is 5.91 Å². The van der Waals surface area contributed by atoms with Crippen molar-refractivity contribution in [3.63, 3.8) is 0 Å². The average molecular weight is 1610 g/mol. The van der Waals surface area contributed by atoms with Crippen LogP contribution in [0.2, 0.25) is 0 Å². The van der Waals surface area contributed by atoms with Crippen LogP contribution in [-0.4, -0.2) is 292 Å². The first kappa shape index (κ1) is 87.0. The minimum atomic E-state index is -2.53. The van der Waals surface area contributed by atoms with Crippen LogP contribution in [-0.2, 0) is 74.7 Å². The molecule has 3 aromatic rings. The Hall–Kier alpha value is -8.87. The van der Waals surface area contributed by atoms with E-state index >= 15 is 9.59 Å². The minimum absolute atomic E-state index is 0.0579. The van der Waals surface area contributed by atoms with Gasteiger partial charge in [-0.05, 0) is 125 Å². The Morgan fingerprint density at radius 2 is 1.41 bits per heavy atom. The number of aromatic amines is 1. The van der Waals surface area contributed by atoms with E-state index in [0.29, 0.717) is 113 Å². The number of primary amides is 1. The van der Waals surface area contributed by atoms with E-state index in [9.17, 15) is 78.9 Å². The fourth-order valence-electron chi connectivity index (χ4n) is 20.5. The Morgan fingerprint density at radius 3 is 2.07 bits per heavy atom. The first-order chi connectivity index (χ1) is 54.8. The molecule has 7 heterocycles. The molecule has 632 valence electrons. The zero-order chi connectivity index (χ0) is 83.4. The van der Waals surface area contributed by atoms with Crippen LogP contribution in [0.3, 0.4) is 0 Å². The monoisotopic (exact) mass is 1610 g/mol. The zero-order valence-electron chi connectivity index (χ0n) is 67.1. The van der Waals surface area contributed by atoms with Gasteiger partial charge < -0.3 is 108 Å². The number of hydrogen-bond donors (Lipinski definition) is 17. The van der Waals surface area contributed by atoms with E-state index in [2.05, 4.69) is 57.3 Å². The maximum atomic E-state index is 15.7. The Morgan fingerprint density at radius 1 is 0.739 bits per heavy atom. The summed E-state index contributed by atoms with van der Waals surface area (Å²) in [5.41, 5.74) is 2.48. The number of carbonyl (C=O) groups excluding carboxylic acids is 11. The van der Waals surface area contributed by atoms with Gasteiger partial charge in [0.1, 0.15) is 66.2 Å². The summed E-state index contributed by atoms with van der Waals surface area (Å²) >= 11 is 0. The summed E-state index contributed by atoms with van der Waals surface area (Å²) in [7, 11) is 4.73. The number of piperidine rings is 1. The molecule has 2 aromatic carbocycles. The van der Waals surface area contributed by atoms with Crippen LogP contribution < -0.4 is 57.9 Å². The lowest BCUT2D eigenvalue weighted by atomic mass is 9.47. The number of nitrogens with two attached hydrogens (primary N) is 1. The predicted molar refractivity (Wildman–Crippen MR) is 419 cm³/mol. The number of nitrogens with one attached hydrogen (secondary N) is 9. The van der Waals surface area contributed by atoms with Crippen LogP contribution in [0.4, 0.5) is 5.69 Å². The number of hydrogen-bond acceptors (Lipinski definition) is 23. The largest absolute Gasteiger partial charge is 0.496 e. The SMILES string of the molecule is CC[C@]1(O)C[C@H]2CN(CCc3c([nH]c4ccccc34)[C@@](C(=O)OC)(c3cc4c(cc3OC)N(C)[C@@H]3C45CCN4CC=C[C@](CC)([C@H]45)[C@@H](O)[C@]3(O)C(=O)NCCCNC(=O)[C@H](CC(C)C)NC(=O)[C@H](CO)NC(=O)[C@H](CCC(N)=O)NC(=O)[C@@H](NC(=O)[C@H](CO)NC(=O)[C@H](C)NC(=O)[C@@H]3C[C@@H](O)CN3C(=O)CO)C3CCCCC3)C2)C1. The molecule has 2 aliphatic carbocycles. The molecule has 18 N–H and O–H groups in total. The molecule has 1 aromatic heterocycles. The second-order valence-electron chi connectivity index (χ2n) is 33.5. The summed E-state index contributed by atoms with van der Waals surface area (Å²) in [5.74, 6) is -10.2. The second kappa shape index (κ2) is 35.9. The van der Waals surface area contributed by atoms with Crippen molar-refractivity contribution in [3.8, 4) is 5.75 Å². The number of ether oxygens (including phenoxy) is 2. The summed E-state index contributed by atoms with van der Waals surface area (Å²) in [4.78, 5) is 165. The van der Waals surface area contributed by atoms with Gasteiger partial charge in [0.15, 0.2) is 5.60 Å². The van der Waals surface area contributed by atoms with Crippen LogP contribution >= 0.6 is 0 Å². The molecule has 115 heavy (non-hydrogen) atoms. The molecule has 8 aliphatic rings. The number of aromatic nitrogens is 1. The third kappa shape index (κ3) is 16.8. The number of para-hydroxylation sites is 1. The number of methoxy groups -OCH3 is 2. The van der Waals surface area contributed by atoms with Crippen LogP contribution in [0.25, 0.3) is 10.9 Å². The van der Waals surface area contributed by atoms with E-state index in [1.54, 1.807) is 28.0 Å². The molecule has 34 nitrogen and oxygen atoms in total. The molecular weight excluding hydrogens is 1490 g/mol. The molecule has 2 bridgehead atoms. The van der Waals surface area contributed by atoms with Gasteiger partial charge in [0.05, 0.1) is 45.2 Å². The molecule has 2 saturated carbocycles. The van der Waals surface area contributed by atoms with Gasteiger partial charge in [0.2, 0.25) is 53.2 Å². The molecule has 11 rings (SSSR count). The number of aliphatic hydroxyl groups is 7. The number of aliphatic hydroxyl groups excluding tert-OH is 5. The molecule has 6 aliphatic heterocycles. The van der Waals surface area contributed by atoms with Gasteiger partial charge >= 0.3 is 5.97 Å². The van der Waals surface area contributed by atoms with E-state index < -0.39 is 198 Å². The van der Waals surface area contributed by atoms with Gasteiger partial charge in [-0.1, -0.05) is 77.3 Å². The number of anilines is 1. The van der Waals surface area contributed by atoms with Crippen molar-refractivity contribution >= 4 is 81.6 Å². The maximum Gasteiger partial charge on any atom is 0.322 e. The molecule has 3 saturated heterocycles. The van der Waals surface area contributed by atoms with Crippen LogP contribution in [0.1, 0.15) is 153 Å². The van der Waals surface area contributed by atoms with Crippen molar-refractivity contribution < 1.29 is 98.0 Å². The molecule has 2 unspecified atom stereocenters. The van der Waals surface area contributed by atoms with Gasteiger partial charge in [-0.3, -0.25) is 62.5 Å². The number of benzene rings is 2. The van der Waals surface area contributed by atoms with Gasteiger partial charge in [-0.25, -0.2) is 0 Å². The average Bonchev–Trinajstić information content (AvgIpc) is 1.49. The fraction of sp³-hybridized carbons (Fsp3) is 0.667. The number of fused-ring (bicyclic) bond motifs is 6. The molecule has 1 spiro atoms. The topological polar surface area (TPSA) is 499 Å². The highest BCUT2D eigenvalue weighted by atomic mass is 16.5. The number of carbonyl (C=O) groups is 11.